The maximum atomic E-state index is 12.4. The van der Waals surface area contributed by atoms with E-state index in [1.54, 1.807) is 12.1 Å². The number of carbonyl (C=O) groups excluding carboxylic acids is 1. The van der Waals surface area contributed by atoms with Gasteiger partial charge in [0.1, 0.15) is 11.5 Å². The summed E-state index contributed by atoms with van der Waals surface area (Å²) >= 11 is 0. The lowest BCUT2D eigenvalue weighted by molar-refractivity contribution is -0.120. The van der Waals surface area contributed by atoms with Gasteiger partial charge in [-0.2, -0.15) is 0 Å². The summed E-state index contributed by atoms with van der Waals surface area (Å²) in [7, 11) is -1.16. The minimum absolute atomic E-state index is 0.0415. The average molecular weight is 345 g/mol. The second kappa shape index (κ2) is 7.58. The predicted octanol–water partition coefficient (Wildman–Crippen LogP) is 2.04. The number of ketones is 1. The van der Waals surface area contributed by atoms with Crippen molar-refractivity contribution in [3.05, 3.63) is 29.3 Å². The van der Waals surface area contributed by atoms with Gasteiger partial charge in [-0.3, -0.25) is 4.79 Å². The number of hydrogen-bond donors (Lipinski definition) is 3. The van der Waals surface area contributed by atoms with Gasteiger partial charge in [-0.25, -0.2) is 4.79 Å². The molecule has 1 aliphatic heterocycles. The Hall–Kier alpha value is -1.86. The molecule has 1 aromatic carbocycles. The molecule has 0 unspecified atom stereocenters. The van der Waals surface area contributed by atoms with E-state index in [4.69, 9.17) is 10.4 Å². The Morgan fingerprint density at radius 2 is 1.92 bits per heavy atom. The van der Waals surface area contributed by atoms with E-state index in [9.17, 15) is 19.7 Å². The van der Waals surface area contributed by atoms with Gasteiger partial charge >= 0.3 is 13.1 Å². The Morgan fingerprint density at radius 3 is 2.60 bits per heavy atom. The third-order valence-electron chi connectivity index (χ3n) is 5.35. The largest absolute Gasteiger partial charge is 0.535 e. The molecule has 1 fully saturated rings. The molecule has 25 heavy (non-hydrogen) atoms. The molecule has 1 aliphatic carbocycles. The molecule has 0 saturated heterocycles. The molecule has 0 bridgehead atoms. The fraction of sp³-hybridized carbons (Fsp3) is 0.556. The highest BCUT2D eigenvalue weighted by molar-refractivity contribution is 6.47. The number of nitrogens with two attached hydrogens (primary N) is 1. The zero-order valence-corrected chi connectivity index (χ0v) is 14.2. The zero-order valence-electron chi connectivity index (χ0n) is 14.2. The van der Waals surface area contributed by atoms with Gasteiger partial charge in [0.25, 0.3) is 0 Å². The summed E-state index contributed by atoms with van der Waals surface area (Å²) in [5, 5.41) is 19.4. The number of benzene rings is 1. The molecule has 2 aliphatic rings. The van der Waals surface area contributed by atoms with E-state index in [-0.39, 0.29) is 35.4 Å². The van der Waals surface area contributed by atoms with Crippen molar-refractivity contribution in [3.63, 3.8) is 0 Å². The van der Waals surface area contributed by atoms with Gasteiger partial charge in [0.05, 0.1) is 5.56 Å². The normalized spacial score (nSPS) is 25.8. The van der Waals surface area contributed by atoms with Gasteiger partial charge in [0.2, 0.25) is 0 Å². The lowest BCUT2D eigenvalue weighted by Gasteiger charge is -2.29. The Labute approximate surface area is 147 Å². The summed E-state index contributed by atoms with van der Waals surface area (Å²) < 4.78 is 5.45. The number of Topliss-reactive ketones (excluding diaryl/α,β-unsaturated/α-hetero) is 1. The minimum atomic E-state index is -1.16. The van der Waals surface area contributed by atoms with E-state index in [2.05, 4.69) is 0 Å². The summed E-state index contributed by atoms with van der Waals surface area (Å²) in [6.07, 6.45) is 5.14. The van der Waals surface area contributed by atoms with Gasteiger partial charge in [-0.05, 0) is 49.7 Å². The number of hydrogen-bond acceptors (Lipinski definition) is 5. The standard InChI is InChI=1S/C18H24BNO5/c20-14-6-4-11(5-7-14)8-15(21)10-13-9-12-2-1-3-16(18(22)23)17(12)25-19(13)24/h1-3,11,13-14,24H,4-10,20H2,(H,22,23)/t11?,13-,14?/m1/s1. The lowest BCUT2D eigenvalue weighted by Crippen LogP contribution is -2.36. The molecule has 6 nitrogen and oxygen atoms in total. The highest BCUT2D eigenvalue weighted by atomic mass is 16.5. The fourth-order valence-electron chi connectivity index (χ4n) is 3.92. The molecule has 3 rings (SSSR count). The molecular formula is C18H24BNO5. The summed E-state index contributed by atoms with van der Waals surface area (Å²) in [6, 6.07) is 5.16. The van der Waals surface area contributed by atoms with Gasteiger partial charge in [-0.1, -0.05) is 12.1 Å². The maximum absolute atomic E-state index is 12.4. The summed E-state index contributed by atoms with van der Waals surface area (Å²) in [5.41, 5.74) is 6.67. The van der Waals surface area contributed by atoms with E-state index in [0.717, 1.165) is 31.2 Å². The number of carbonyl (C=O) groups is 2. The third-order valence-corrected chi connectivity index (χ3v) is 5.35. The molecule has 0 radical (unpaired) electrons. The van der Waals surface area contributed by atoms with E-state index in [0.29, 0.717) is 18.8 Å². The van der Waals surface area contributed by atoms with Crippen molar-refractivity contribution >= 4 is 18.9 Å². The highest BCUT2D eigenvalue weighted by Gasteiger charge is 2.38. The fourth-order valence-corrected chi connectivity index (χ4v) is 3.92. The molecular weight excluding hydrogens is 321 g/mol. The molecule has 0 amide bonds. The smallest absolute Gasteiger partial charge is 0.526 e. The Bertz CT molecular complexity index is 657. The van der Waals surface area contributed by atoms with Crippen LogP contribution in [0.25, 0.3) is 0 Å². The minimum Gasteiger partial charge on any atom is -0.535 e. The first kappa shape index (κ1) is 18.0. The van der Waals surface area contributed by atoms with Crippen LogP contribution in [-0.2, 0) is 11.2 Å². The van der Waals surface area contributed by atoms with Crippen LogP contribution in [0.3, 0.4) is 0 Å². The topological polar surface area (TPSA) is 110 Å². The summed E-state index contributed by atoms with van der Waals surface area (Å²) in [6.45, 7) is 0. The van der Waals surface area contributed by atoms with Crippen LogP contribution in [-0.4, -0.2) is 35.0 Å². The van der Waals surface area contributed by atoms with Crippen molar-refractivity contribution in [3.8, 4) is 5.75 Å². The zero-order chi connectivity index (χ0) is 18.0. The SMILES string of the molecule is NC1CCC(CC(=O)C[C@H]2Cc3cccc(C(=O)O)c3OB2O)CC1. The number of para-hydroxylation sites is 1. The monoisotopic (exact) mass is 345 g/mol. The van der Waals surface area contributed by atoms with E-state index in [1.165, 1.54) is 6.07 Å². The molecule has 1 aromatic rings. The van der Waals surface area contributed by atoms with Gasteiger partial charge in [0, 0.05) is 24.7 Å². The Morgan fingerprint density at radius 1 is 1.20 bits per heavy atom. The molecule has 1 saturated carbocycles. The second-order valence-electron chi connectivity index (χ2n) is 7.30. The van der Waals surface area contributed by atoms with Crippen molar-refractivity contribution in [1.82, 2.24) is 0 Å². The van der Waals surface area contributed by atoms with Crippen LogP contribution >= 0.6 is 0 Å². The van der Waals surface area contributed by atoms with Gasteiger partial charge in [-0.15, -0.1) is 0 Å². The number of rotatable bonds is 5. The molecule has 7 heteroatoms. The number of aromatic carboxylic acids is 1. The molecule has 0 spiro atoms. The van der Waals surface area contributed by atoms with E-state index < -0.39 is 13.1 Å². The van der Waals surface area contributed by atoms with Crippen molar-refractivity contribution in [1.29, 1.82) is 0 Å². The maximum Gasteiger partial charge on any atom is 0.526 e. The second-order valence-corrected chi connectivity index (χ2v) is 7.30. The summed E-state index contributed by atoms with van der Waals surface area (Å²) in [4.78, 5) is 23.7. The van der Waals surface area contributed by atoms with Crippen molar-refractivity contribution in [2.45, 2.75) is 56.8 Å². The van der Waals surface area contributed by atoms with Crippen molar-refractivity contribution in [2.75, 3.05) is 0 Å². The predicted molar refractivity (Wildman–Crippen MR) is 93.6 cm³/mol. The first-order chi connectivity index (χ1) is 11.9. The van der Waals surface area contributed by atoms with E-state index in [1.807, 2.05) is 0 Å². The number of carboxylic acids is 1. The number of fused-ring (bicyclic) bond motifs is 1. The Balaban J connectivity index is 1.61. The Kier molecular flexibility index (Phi) is 5.44. The van der Waals surface area contributed by atoms with Crippen LogP contribution in [0.1, 0.15) is 54.4 Å². The average Bonchev–Trinajstić information content (AvgIpc) is 2.57. The molecule has 0 aromatic heterocycles. The molecule has 1 atom stereocenters. The van der Waals surface area contributed by atoms with Crippen LogP contribution in [0.4, 0.5) is 0 Å². The first-order valence-corrected chi connectivity index (χ1v) is 8.91. The quantitative estimate of drug-likeness (QED) is 0.705. The first-order valence-electron chi connectivity index (χ1n) is 8.91. The van der Waals surface area contributed by atoms with Crippen LogP contribution < -0.4 is 10.4 Å². The van der Waals surface area contributed by atoms with Crippen LogP contribution in [0.5, 0.6) is 5.75 Å². The van der Waals surface area contributed by atoms with Crippen LogP contribution in [0, 0.1) is 5.92 Å². The molecule has 134 valence electrons. The van der Waals surface area contributed by atoms with Crippen molar-refractivity contribution in [2.24, 2.45) is 11.7 Å². The third kappa shape index (κ3) is 4.22. The van der Waals surface area contributed by atoms with Crippen molar-refractivity contribution < 1.29 is 24.4 Å². The number of carboxylic acid groups (broad SMARTS) is 1. The summed E-state index contributed by atoms with van der Waals surface area (Å²) in [5.74, 6) is -0.692. The van der Waals surface area contributed by atoms with Gasteiger partial charge < -0.3 is 20.5 Å². The van der Waals surface area contributed by atoms with Crippen LogP contribution in [0.15, 0.2) is 18.2 Å². The lowest BCUT2D eigenvalue weighted by atomic mass is 9.64. The molecule has 1 heterocycles. The molecule has 4 N–H and O–H groups in total. The highest BCUT2D eigenvalue weighted by Crippen LogP contribution is 2.37. The van der Waals surface area contributed by atoms with E-state index >= 15 is 0 Å². The van der Waals surface area contributed by atoms with Crippen LogP contribution in [0.2, 0.25) is 5.82 Å². The van der Waals surface area contributed by atoms with Gasteiger partial charge in [0.15, 0.2) is 0 Å².